The van der Waals surface area contributed by atoms with Crippen molar-refractivity contribution in [1.82, 2.24) is 15.5 Å². The average Bonchev–Trinajstić information content (AvgIpc) is 2.47. The third-order valence-corrected chi connectivity index (χ3v) is 3.79. The van der Waals surface area contributed by atoms with E-state index in [1.807, 2.05) is 13.0 Å². The van der Waals surface area contributed by atoms with Crippen molar-refractivity contribution in [1.29, 1.82) is 0 Å². The second-order valence-electron chi connectivity index (χ2n) is 5.24. The monoisotopic (exact) mass is 272 g/mol. The van der Waals surface area contributed by atoms with Crippen LogP contribution in [0.5, 0.6) is 0 Å². The molecule has 5 heteroatoms. The molecule has 2 aliphatic rings. The second-order valence-corrected chi connectivity index (χ2v) is 5.24. The summed E-state index contributed by atoms with van der Waals surface area (Å²) in [6.45, 7) is 5.73. The lowest BCUT2D eigenvalue weighted by Gasteiger charge is -2.41. The molecule has 106 valence electrons. The Hall–Kier alpha value is -2.01. The maximum absolute atomic E-state index is 11.5. The SMILES string of the molecule is CC1=CC(=O)N[C@H](N2CCN(c3ccccc3)CC2)N1. The minimum atomic E-state index is -0.0783. The maximum Gasteiger partial charge on any atom is 0.248 e. The highest BCUT2D eigenvalue weighted by Crippen LogP contribution is 2.16. The van der Waals surface area contributed by atoms with Crippen molar-refractivity contribution < 1.29 is 4.79 Å². The van der Waals surface area contributed by atoms with Crippen molar-refractivity contribution in [3.63, 3.8) is 0 Å². The van der Waals surface area contributed by atoms with Gasteiger partial charge in [0, 0.05) is 43.6 Å². The number of nitrogens with zero attached hydrogens (tertiary/aromatic N) is 2. The summed E-state index contributed by atoms with van der Waals surface area (Å²) in [7, 11) is 0. The summed E-state index contributed by atoms with van der Waals surface area (Å²) in [4.78, 5) is 16.2. The number of nitrogens with one attached hydrogen (secondary N) is 2. The van der Waals surface area contributed by atoms with Crippen LogP contribution in [-0.4, -0.2) is 43.3 Å². The molecule has 1 atom stereocenters. The third kappa shape index (κ3) is 2.77. The van der Waals surface area contributed by atoms with E-state index in [9.17, 15) is 4.79 Å². The number of para-hydroxylation sites is 1. The van der Waals surface area contributed by atoms with Crippen molar-refractivity contribution in [3.8, 4) is 0 Å². The van der Waals surface area contributed by atoms with Gasteiger partial charge in [0.25, 0.3) is 0 Å². The molecule has 1 aromatic rings. The molecular weight excluding hydrogens is 252 g/mol. The summed E-state index contributed by atoms with van der Waals surface area (Å²) in [5.41, 5.74) is 2.19. The summed E-state index contributed by atoms with van der Waals surface area (Å²) in [5, 5.41) is 6.26. The first kappa shape index (κ1) is 13.0. The van der Waals surface area contributed by atoms with Crippen LogP contribution >= 0.6 is 0 Å². The zero-order valence-corrected chi connectivity index (χ0v) is 11.7. The van der Waals surface area contributed by atoms with E-state index < -0.39 is 0 Å². The molecule has 5 nitrogen and oxygen atoms in total. The van der Waals surface area contributed by atoms with Gasteiger partial charge in [0.15, 0.2) is 6.29 Å². The summed E-state index contributed by atoms with van der Waals surface area (Å²) in [6, 6.07) is 10.5. The molecule has 0 aromatic heterocycles. The van der Waals surface area contributed by atoms with Crippen molar-refractivity contribution in [2.75, 3.05) is 31.1 Å². The largest absolute Gasteiger partial charge is 0.369 e. The summed E-state index contributed by atoms with van der Waals surface area (Å²) in [5.74, 6) is -0.0169. The first-order chi connectivity index (χ1) is 9.72. The zero-order valence-electron chi connectivity index (χ0n) is 11.7. The standard InChI is InChI=1S/C15H20N4O/c1-12-11-14(20)17-15(16-12)19-9-7-18(8-10-19)13-5-3-2-4-6-13/h2-6,11,15-16H,7-10H2,1H3,(H,17,20)/t15-/m1/s1. The lowest BCUT2D eigenvalue weighted by atomic mass is 10.2. The average molecular weight is 272 g/mol. The number of amides is 1. The van der Waals surface area contributed by atoms with Gasteiger partial charge in [-0.3, -0.25) is 9.69 Å². The molecule has 0 unspecified atom stereocenters. The Balaban J connectivity index is 1.59. The van der Waals surface area contributed by atoms with Gasteiger partial charge in [-0.05, 0) is 19.1 Å². The maximum atomic E-state index is 11.5. The number of carbonyl (C=O) groups excluding carboxylic acids is 1. The molecular formula is C15H20N4O. The van der Waals surface area contributed by atoms with Crippen LogP contribution in [0.4, 0.5) is 5.69 Å². The Labute approximate surface area is 119 Å². The van der Waals surface area contributed by atoms with Crippen LogP contribution in [0.1, 0.15) is 6.92 Å². The normalized spacial score (nSPS) is 23.9. The van der Waals surface area contributed by atoms with Crippen molar-refractivity contribution in [3.05, 3.63) is 42.1 Å². The van der Waals surface area contributed by atoms with E-state index in [0.717, 1.165) is 31.9 Å². The van der Waals surface area contributed by atoms with Crippen LogP contribution in [0, 0.1) is 0 Å². The van der Waals surface area contributed by atoms with Crippen molar-refractivity contribution in [2.24, 2.45) is 0 Å². The van der Waals surface area contributed by atoms with Crippen molar-refractivity contribution in [2.45, 2.75) is 13.2 Å². The molecule has 1 aromatic carbocycles. The molecule has 2 aliphatic heterocycles. The van der Waals surface area contributed by atoms with Crippen LogP contribution < -0.4 is 15.5 Å². The summed E-state index contributed by atoms with van der Waals surface area (Å²) < 4.78 is 0. The molecule has 0 spiro atoms. The van der Waals surface area contributed by atoms with E-state index >= 15 is 0 Å². The number of hydrogen-bond donors (Lipinski definition) is 2. The van der Waals surface area contributed by atoms with Gasteiger partial charge in [0.05, 0.1) is 0 Å². The lowest BCUT2D eigenvalue weighted by Crippen LogP contribution is -2.62. The molecule has 1 saturated heterocycles. The van der Waals surface area contributed by atoms with Crippen LogP contribution in [0.2, 0.25) is 0 Å². The van der Waals surface area contributed by atoms with Gasteiger partial charge in [-0.1, -0.05) is 18.2 Å². The number of allylic oxidation sites excluding steroid dienone is 1. The van der Waals surface area contributed by atoms with Gasteiger partial charge >= 0.3 is 0 Å². The number of piperazine rings is 1. The van der Waals surface area contributed by atoms with Gasteiger partial charge < -0.3 is 15.5 Å². The Bertz CT molecular complexity index is 506. The molecule has 1 fully saturated rings. The summed E-state index contributed by atoms with van der Waals surface area (Å²) >= 11 is 0. The quantitative estimate of drug-likeness (QED) is 0.833. The van der Waals surface area contributed by atoms with E-state index in [1.165, 1.54) is 5.69 Å². The van der Waals surface area contributed by atoms with E-state index in [4.69, 9.17) is 0 Å². The van der Waals surface area contributed by atoms with Gasteiger partial charge in [0.1, 0.15) is 0 Å². The van der Waals surface area contributed by atoms with E-state index in [2.05, 4.69) is 44.7 Å². The molecule has 20 heavy (non-hydrogen) atoms. The molecule has 1 amide bonds. The van der Waals surface area contributed by atoms with Gasteiger partial charge in [0.2, 0.25) is 5.91 Å². The van der Waals surface area contributed by atoms with Gasteiger partial charge in [-0.25, -0.2) is 0 Å². The molecule has 0 radical (unpaired) electrons. The van der Waals surface area contributed by atoms with Crippen LogP contribution in [0.3, 0.4) is 0 Å². The first-order valence-electron chi connectivity index (χ1n) is 7.02. The molecule has 3 rings (SSSR count). The minimum absolute atomic E-state index is 0.0169. The third-order valence-electron chi connectivity index (χ3n) is 3.79. The molecule has 2 N–H and O–H groups in total. The molecule has 2 heterocycles. The summed E-state index contributed by atoms with van der Waals surface area (Å²) in [6.07, 6.45) is 1.52. The van der Waals surface area contributed by atoms with Gasteiger partial charge in [-0.2, -0.15) is 0 Å². The van der Waals surface area contributed by atoms with Crippen molar-refractivity contribution >= 4 is 11.6 Å². The Morgan fingerprint density at radius 1 is 1.05 bits per heavy atom. The van der Waals surface area contributed by atoms with Crippen LogP contribution in [0.25, 0.3) is 0 Å². The Kier molecular flexibility index (Phi) is 3.60. The minimum Gasteiger partial charge on any atom is -0.369 e. The smallest absolute Gasteiger partial charge is 0.248 e. The van der Waals surface area contributed by atoms with Crippen LogP contribution in [-0.2, 0) is 4.79 Å². The predicted octanol–water partition coefficient (Wildman–Crippen LogP) is 0.715. The molecule has 0 aliphatic carbocycles. The number of anilines is 1. The molecule has 0 bridgehead atoms. The fraction of sp³-hybridized carbons (Fsp3) is 0.400. The van der Waals surface area contributed by atoms with E-state index in [0.29, 0.717) is 0 Å². The lowest BCUT2D eigenvalue weighted by molar-refractivity contribution is -0.119. The second kappa shape index (κ2) is 5.54. The number of rotatable bonds is 2. The number of hydrogen-bond acceptors (Lipinski definition) is 4. The topological polar surface area (TPSA) is 47.6 Å². The van der Waals surface area contributed by atoms with Gasteiger partial charge in [-0.15, -0.1) is 0 Å². The fourth-order valence-electron chi connectivity index (χ4n) is 2.73. The number of benzene rings is 1. The number of carbonyl (C=O) groups is 1. The first-order valence-corrected chi connectivity index (χ1v) is 7.02. The highest BCUT2D eigenvalue weighted by molar-refractivity contribution is 5.89. The predicted molar refractivity (Wildman–Crippen MR) is 79.1 cm³/mol. The Morgan fingerprint density at radius 2 is 1.75 bits per heavy atom. The highest BCUT2D eigenvalue weighted by Gasteiger charge is 2.26. The van der Waals surface area contributed by atoms with E-state index in [1.54, 1.807) is 6.08 Å². The molecule has 0 saturated carbocycles. The van der Waals surface area contributed by atoms with Crippen LogP contribution in [0.15, 0.2) is 42.1 Å². The van der Waals surface area contributed by atoms with E-state index in [-0.39, 0.29) is 12.2 Å². The zero-order chi connectivity index (χ0) is 13.9. The Morgan fingerprint density at radius 3 is 2.40 bits per heavy atom. The fourth-order valence-corrected chi connectivity index (χ4v) is 2.73. The highest BCUT2D eigenvalue weighted by atomic mass is 16.2.